The van der Waals surface area contributed by atoms with Gasteiger partial charge >= 0.3 is 0 Å². The number of pyridine rings is 1. The van der Waals surface area contributed by atoms with Crippen LogP contribution in [0.2, 0.25) is 0 Å². The highest BCUT2D eigenvalue weighted by atomic mass is 19.1. The van der Waals surface area contributed by atoms with Crippen LogP contribution < -0.4 is 15.4 Å². The Morgan fingerprint density at radius 2 is 1.74 bits per heavy atom. The number of piperidine rings is 1. The molecule has 0 saturated carbocycles. The van der Waals surface area contributed by atoms with Gasteiger partial charge in [-0.25, -0.2) is 9.37 Å². The Kier molecular flexibility index (Phi) is 7.12. The second kappa shape index (κ2) is 10.8. The van der Waals surface area contributed by atoms with Gasteiger partial charge in [0.1, 0.15) is 6.10 Å². The van der Waals surface area contributed by atoms with E-state index in [0.717, 1.165) is 30.9 Å². The zero-order valence-electron chi connectivity index (χ0n) is 21.9. The maximum atomic E-state index is 14.4. The van der Waals surface area contributed by atoms with E-state index in [2.05, 4.69) is 48.9 Å². The number of benzene rings is 1. The van der Waals surface area contributed by atoms with Crippen LogP contribution >= 0.6 is 0 Å². The molecule has 0 spiro atoms. The van der Waals surface area contributed by atoms with E-state index in [1.165, 1.54) is 61.3 Å². The van der Waals surface area contributed by atoms with Crippen molar-refractivity contribution in [3.05, 3.63) is 70.5 Å². The van der Waals surface area contributed by atoms with Crippen LogP contribution in [0.5, 0.6) is 0 Å². The van der Waals surface area contributed by atoms with Crippen LogP contribution in [0.3, 0.4) is 0 Å². The van der Waals surface area contributed by atoms with Crippen molar-refractivity contribution in [1.82, 2.24) is 19.4 Å². The van der Waals surface area contributed by atoms with E-state index in [4.69, 9.17) is 4.74 Å². The van der Waals surface area contributed by atoms with Crippen molar-refractivity contribution in [2.75, 3.05) is 55.7 Å². The lowest BCUT2D eigenvalue weighted by atomic mass is 10.0. The summed E-state index contributed by atoms with van der Waals surface area (Å²) < 4.78 is 22.0. The predicted molar refractivity (Wildman–Crippen MR) is 146 cm³/mol. The van der Waals surface area contributed by atoms with Crippen molar-refractivity contribution in [3.8, 4) is 11.3 Å². The number of nitrogens with zero attached hydrogens (tertiary/aromatic N) is 6. The third-order valence-corrected chi connectivity index (χ3v) is 8.26. The van der Waals surface area contributed by atoms with Gasteiger partial charge in [0.05, 0.1) is 25.0 Å². The first-order valence-corrected chi connectivity index (χ1v) is 13.7. The minimum absolute atomic E-state index is 0.142. The van der Waals surface area contributed by atoms with Crippen LogP contribution in [-0.4, -0.2) is 71.4 Å². The SMILES string of the molecule is Cn1c(N2CCO[C@@H](c3ccc(N4CCC(N5CCCC5)CC4)cc3)C2)nc(-c2ccncc2F)cc1=O. The Hall–Kier alpha value is -3.30. The van der Waals surface area contributed by atoms with Gasteiger partial charge < -0.3 is 19.4 Å². The lowest BCUT2D eigenvalue weighted by molar-refractivity contribution is 0.0390. The van der Waals surface area contributed by atoms with Crippen LogP contribution in [0.25, 0.3) is 11.3 Å². The molecule has 6 rings (SSSR count). The molecule has 0 amide bonds. The number of aromatic nitrogens is 3. The molecule has 3 aliphatic heterocycles. The summed E-state index contributed by atoms with van der Waals surface area (Å²) in [6.07, 6.45) is 7.66. The number of ether oxygens (including phenoxy) is 1. The lowest BCUT2D eigenvalue weighted by Crippen LogP contribution is -2.43. The molecule has 2 aromatic heterocycles. The molecule has 3 saturated heterocycles. The van der Waals surface area contributed by atoms with Crippen molar-refractivity contribution in [2.24, 2.45) is 7.05 Å². The Bertz CT molecular complexity index is 1320. The van der Waals surface area contributed by atoms with Crippen molar-refractivity contribution >= 4 is 11.6 Å². The highest BCUT2D eigenvalue weighted by molar-refractivity contribution is 5.60. The maximum Gasteiger partial charge on any atom is 0.255 e. The van der Waals surface area contributed by atoms with Gasteiger partial charge in [0.15, 0.2) is 5.82 Å². The summed E-state index contributed by atoms with van der Waals surface area (Å²) in [7, 11) is 1.70. The molecule has 3 aliphatic rings. The van der Waals surface area contributed by atoms with Crippen molar-refractivity contribution in [3.63, 3.8) is 0 Å². The fourth-order valence-corrected chi connectivity index (χ4v) is 6.06. The van der Waals surface area contributed by atoms with E-state index in [1.54, 1.807) is 13.1 Å². The fraction of sp³-hybridized carbons (Fsp3) is 0.483. The second-order valence-electron chi connectivity index (χ2n) is 10.6. The number of rotatable bonds is 5. The summed E-state index contributed by atoms with van der Waals surface area (Å²) in [5, 5.41) is 0. The molecule has 200 valence electrons. The average Bonchev–Trinajstić information content (AvgIpc) is 3.50. The van der Waals surface area contributed by atoms with Gasteiger partial charge in [-0.15, -0.1) is 0 Å². The summed E-state index contributed by atoms with van der Waals surface area (Å²) in [6.45, 7) is 6.41. The van der Waals surface area contributed by atoms with E-state index in [9.17, 15) is 9.18 Å². The Morgan fingerprint density at radius 1 is 0.974 bits per heavy atom. The molecule has 38 heavy (non-hydrogen) atoms. The Balaban J connectivity index is 1.15. The fourth-order valence-electron chi connectivity index (χ4n) is 6.06. The normalized spacial score (nSPS) is 21.3. The number of halogens is 1. The van der Waals surface area contributed by atoms with Gasteiger partial charge in [0.25, 0.3) is 5.56 Å². The summed E-state index contributed by atoms with van der Waals surface area (Å²) >= 11 is 0. The first kappa shape index (κ1) is 25.0. The largest absolute Gasteiger partial charge is 0.371 e. The van der Waals surface area contributed by atoms with Crippen LogP contribution in [0, 0.1) is 5.82 Å². The average molecular weight is 519 g/mol. The molecular weight excluding hydrogens is 483 g/mol. The number of anilines is 2. The zero-order valence-corrected chi connectivity index (χ0v) is 21.9. The van der Waals surface area contributed by atoms with Gasteiger partial charge in [-0.3, -0.25) is 14.3 Å². The van der Waals surface area contributed by atoms with Crippen LogP contribution in [0.4, 0.5) is 16.0 Å². The van der Waals surface area contributed by atoms with E-state index in [-0.39, 0.29) is 17.2 Å². The van der Waals surface area contributed by atoms with Crippen molar-refractivity contribution in [1.29, 1.82) is 0 Å². The quantitative estimate of drug-likeness (QED) is 0.511. The maximum absolute atomic E-state index is 14.4. The minimum Gasteiger partial charge on any atom is -0.371 e. The monoisotopic (exact) mass is 518 g/mol. The number of hydrogen-bond acceptors (Lipinski definition) is 7. The summed E-state index contributed by atoms with van der Waals surface area (Å²) in [5.74, 6) is 0.00826. The molecule has 0 aliphatic carbocycles. The molecule has 0 N–H and O–H groups in total. The highest BCUT2D eigenvalue weighted by Gasteiger charge is 2.28. The van der Waals surface area contributed by atoms with Gasteiger partial charge in [-0.05, 0) is 62.5 Å². The number of hydrogen-bond donors (Lipinski definition) is 0. The number of likely N-dealkylation sites (tertiary alicyclic amines) is 1. The predicted octanol–water partition coefficient (Wildman–Crippen LogP) is 3.62. The molecule has 1 aromatic carbocycles. The highest BCUT2D eigenvalue weighted by Crippen LogP contribution is 2.30. The molecule has 9 heteroatoms. The Labute approximate surface area is 222 Å². The van der Waals surface area contributed by atoms with Gasteiger partial charge in [0, 0.05) is 56.2 Å². The van der Waals surface area contributed by atoms with E-state index in [1.807, 2.05) is 0 Å². The summed E-state index contributed by atoms with van der Waals surface area (Å²) in [6, 6.07) is 12.4. The van der Waals surface area contributed by atoms with E-state index in [0.29, 0.717) is 31.3 Å². The molecule has 3 fully saturated rings. The topological polar surface area (TPSA) is 66.7 Å². The molecule has 3 aromatic rings. The molecule has 1 atom stereocenters. The summed E-state index contributed by atoms with van der Waals surface area (Å²) in [5.41, 5.74) is 2.71. The van der Waals surface area contributed by atoms with Gasteiger partial charge in [-0.1, -0.05) is 12.1 Å². The molecule has 0 bridgehead atoms. The van der Waals surface area contributed by atoms with Crippen LogP contribution in [-0.2, 0) is 11.8 Å². The molecular formula is C29H35FN6O2. The van der Waals surface area contributed by atoms with E-state index >= 15 is 0 Å². The molecule has 5 heterocycles. The molecule has 8 nitrogen and oxygen atoms in total. The van der Waals surface area contributed by atoms with Gasteiger partial charge in [-0.2, -0.15) is 0 Å². The lowest BCUT2D eigenvalue weighted by Gasteiger charge is -2.38. The smallest absolute Gasteiger partial charge is 0.255 e. The Morgan fingerprint density at radius 3 is 2.47 bits per heavy atom. The molecule has 0 radical (unpaired) electrons. The third-order valence-electron chi connectivity index (χ3n) is 8.26. The van der Waals surface area contributed by atoms with Crippen molar-refractivity contribution in [2.45, 2.75) is 37.8 Å². The number of morpholine rings is 1. The first-order valence-electron chi connectivity index (χ1n) is 13.7. The molecule has 0 unspecified atom stereocenters. The van der Waals surface area contributed by atoms with Crippen LogP contribution in [0.1, 0.15) is 37.4 Å². The van der Waals surface area contributed by atoms with E-state index < -0.39 is 5.82 Å². The van der Waals surface area contributed by atoms with Gasteiger partial charge in [0.2, 0.25) is 5.95 Å². The zero-order chi connectivity index (χ0) is 26.1. The third kappa shape index (κ3) is 5.05. The first-order chi connectivity index (χ1) is 18.6. The standard InChI is InChI=1S/C29H35FN6O2/c1-33-28(37)18-26(24-8-11-31-19-25(24)30)32-29(33)36-16-17-38-27(20-36)21-4-6-22(7-5-21)35-14-9-23(10-15-35)34-12-2-3-13-34/h4-8,11,18-19,23,27H,2-3,9-10,12-17,20H2,1H3/t27-/m1/s1. The summed E-state index contributed by atoms with van der Waals surface area (Å²) in [4.78, 5) is 28.5. The minimum atomic E-state index is -0.501. The van der Waals surface area contributed by atoms with Crippen LogP contribution in [0.15, 0.2) is 53.6 Å². The second-order valence-corrected chi connectivity index (χ2v) is 10.6. The van der Waals surface area contributed by atoms with Crippen molar-refractivity contribution < 1.29 is 9.13 Å².